The predicted octanol–water partition coefficient (Wildman–Crippen LogP) is 4.30. The fourth-order valence-corrected chi connectivity index (χ4v) is 5.28. The molecule has 3 aromatic rings. The second kappa shape index (κ2) is 8.93. The summed E-state index contributed by atoms with van der Waals surface area (Å²) in [5.74, 6) is -0.0230. The number of nitrogens with zero attached hydrogens (tertiary/aromatic N) is 3. The van der Waals surface area contributed by atoms with Gasteiger partial charge in [0.1, 0.15) is 0 Å². The number of sulfonamides is 1. The van der Waals surface area contributed by atoms with Gasteiger partial charge in [0.05, 0.1) is 4.90 Å². The number of aromatic nitrogens is 2. The second-order valence-corrected chi connectivity index (χ2v) is 10.1. The first-order valence-corrected chi connectivity index (χ1v) is 12.1. The summed E-state index contributed by atoms with van der Waals surface area (Å²) in [6, 6.07) is 9.03. The van der Waals surface area contributed by atoms with Gasteiger partial charge in [-0.3, -0.25) is 10.1 Å². The number of carbonyl (C=O) groups excluding carboxylic acids is 1. The molecule has 11 heteroatoms. The van der Waals surface area contributed by atoms with Gasteiger partial charge in [0.15, 0.2) is 10.4 Å². The quantitative estimate of drug-likeness (QED) is 0.526. The molecule has 1 saturated carbocycles. The van der Waals surface area contributed by atoms with Crippen LogP contribution in [0.4, 0.5) is 6.01 Å². The van der Waals surface area contributed by atoms with E-state index in [0.717, 1.165) is 32.1 Å². The maximum absolute atomic E-state index is 12.9. The Balaban J connectivity index is 1.44. The normalized spacial score (nSPS) is 15.3. The van der Waals surface area contributed by atoms with Crippen molar-refractivity contribution in [2.24, 2.45) is 0 Å². The molecule has 0 saturated heterocycles. The summed E-state index contributed by atoms with van der Waals surface area (Å²) in [7, 11) is -2.00. The molecule has 2 aromatic heterocycles. The number of carbonyl (C=O) groups is 1. The molecule has 0 unspecified atom stereocenters. The third kappa shape index (κ3) is 4.73. The Hall–Kier alpha value is -2.50. The number of hydrogen-bond acceptors (Lipinski definition) is 7. The van der Waals surface area contributed by atoms with Gasteiger partial charge < -0.3 is 8.83 Å². The Bertz CT molecular complexity index is 1170. The Morgan fingerprint density at radius 1 is 1.06 bits per heavy atom. The van der Waals surface area contributed by atoms with E-state index in [1.165, 1.54) is 28.6 Å². The first kappa shape index (κ1) is 21.7. The maximum Gasteiger partial charge on any atom is 0.322 e. The van der Waals surface area contributed by atoms with Gasteiger partial charge in [-0.2, -0.15) is 4.31 Å². The Morgan fingerprint density at radius 2 is 1.77 bits per heavy atom. The number of halogens is 1. The van der Waals surface area contributed by atoms with E-state index in [1.54, 1.807) is 19.2 Å². The van der Waals surface area contributed by atoms with E-state index in [0.29, 0.717) is 10.4 Å². The lowest BCUT2D eigenvalue weighted by molar-refractivity contribution is 0.102. The SMILES string of the molecule is CN(C1CCCCC1)S(=O)(=O)c1ccc(C(=O)Nc2nnc(-c3ccc(Br)o3)o2)cc1. The van der Waals surface area contributed by atoms with Crippen LogP contribution in [-0.4, -0.2) is 41.9 Å². The average molecular weight is 509 g/mol. The summed E-state index contributed by atoms with van der Waals surface area (Å²) < 4.78 is 38.5. The van der Waals surface area contributed by atoms with E-state index in [4.69, 9.17) is 8.83 Å². The first-order valence-electron chi connectivity index (χ1n) is 9.83. The highest BCUT2D eigenvalue weighted by Gasteiger charge is 2.29. The number of benzene rings is 1. The molecule has 0 atom stereocenters. The van der Waals surface area contributed by atoms with Crippen LogP contribution < -0.4 is 5.32 Å². The summed E-state index contributed by atoms with van der Waals surface area (Å²) in [5.41, 5.74) is 0.264. The molecule has 1 fully saturated rings. The summed E-state index contributed by atoms with van der Waals surface area (Å²) in [5, 5.41) is 10.1. The smallest absolute Gasteiger partial charge is 0.322 e. The molecule has 9 nitrogen and oxygen atoms in total. The molecule has 2 heterocycles. The number of furan rings is 1. The molecule has 1 aliphatic carbocycles. The minimum Gasteiger partial charge on any atom is -0.444 e. The van der Waals surface area contributed by atoms with Crippen LogP contribution in [0, 0.1) is 0 Å². The van der Waals surface area contributed by atoms with Crippen molar-refractivity contribution in [2.45, 2.75) is 43.0 Å². The van der Waals surface area contributed by atoms with Crippen molar-refractivity contribution in [1.82, 2.24) is 14.5 Å². The summed E-state index contributed by atoms with van der Waals surface area (Å²) >= 11 is 3.19. The maximum atomic E-state index is 12.9. The highest BCUT2D eigenvalue weighted by atomic mass is 79.9. The first-order chi connectivity index (χ1) is 14.8. The van der Waals surface area contributed by atoms with Crippen molar-refractivity contribution >= 4 is 37.9 Å². The number of amides is 1. The summed E-state index contributed by atoms with van der Waals surface area (Å²) in [6.45, 7) is 0. The van der Waals surface area contributed by atoms with E-state index < -0.39 is 15.9 Å². The highest BCUT2D eigenvalue weighted by Crippen LogP contribution is 2.27. The fraction of sp³-hybridized carbons (Fsp3) is 0.350. The van der Waals surface area contributed by atoms with Gasteiger partial charge in [0, 0.05) is 18.7 Å². The standard InChI is InChI=1S/C20H21BrN4O5S/c1-25(14-5-3-2-4-6-14)31(27,28)15-9-7-13(8-10-15)18(26)22-20-24-23-19(30-20)16-11-12-17(21)29-16/h7-12,14H,2-6H2,1H3,(H,22,24,26). The van der Waals surface area contributed by atoms with E-state index in [9.17, 15) is 13.2 Å². The zero-order chi connectivity index (χ0) is 22.0. The minimum absolute atomic E-state index is 0.0169. The molecular weight excluding hydrogens is 488 g/mol. The van der Waals surface area contributed by atoms with Gasteiger partial charge in [-0.15, -0.1) is 5.10 Å². The molecule has 1 aromatic carbocycles. The van der Waals surface area contributed by atoms with Crippen molar-refractivity contribution in [2.75, 3.05) is 12.4 Å². The molecule has 0 radical (unpaired) electrons. The lowest BCUT2D eigenvalue weighted by atomic mass is 9.96. The van der Waals surface area contributed by atoms with Crippen LogP contribution in [-0.2, 0) is 10.0 Å². The topological polar surface area (TPSA) is 119 Å². The molecule has 0 spiro atoms. The molecule has 164 valence electrons. The summed E-state index contributed by atoms with van der Waals surface area (Å²) in [6.07, 6.45) is 4.97. The van der Waals surface area contributed by atoms with Gasteiger partial charge in [0.2, 0.25) is 10.0 Å². The van der Waals surface area contributed by atoms with E-state index >= 15 is 0 Å². The van der Waals surface area contributed by atoms with Crippen LogP contribution in [0.3, 0.4) is 0 Å². The largest absolute Gasteiger partial charge is 0.444 e. The van der Waals surface area contributed by atoms with E-state index in [1.807, 2.05) is 0 Å². The molecule has 1 N–H and O–H groups in total. The van der Waals surface area contributed by atoms with Crippen molar-refractivity contribution < 1.29 is 22.0 Å². The molecule has 1 amide bonds. The van der Waals surface area contributed by atoms with Crippen LogP contribution in [0.1, 0.15) is 42.5 Å². The second-order valence-electron chi connectivity index (χ2n) is 7.31. The van der Waals surface area contributed by atoms with Gasteiger partial charge in [-0.05, 0) is 65.2 Å². The van der Waals surface area contributed by atoms with Crippen molar-refractivity contribution in [3.05, 3.63) is 46.6 Å². The molecule has 4 rings (SSSR count). The fourth-order valence-electron chi connectivity index (χ4n) is 3.56. The molecule has 31 heavy (non-hydrogen) atoms. The van der Waals surface area contributed by atoms with Crippen LogP contribution >= 0.6 is 15.9 Å². The molecule has 0 aliphatic heterocycles. The van der Waals surface area contributed by atoms with Gasteiger partial charge in [0.25, 0.3) is 11.8 Å². The van der Waals surface area contributed by atoms with Gasteiger partial charge >= 0.3 is 6.01 Å². The Morgan fingerprint density at radius 3 is 2.42 bits per heavy atom. The third-order valence-electron chi connectivity index (χ3n) is 5.31. The molecule has 0 bridgehead atoms. The van der Waals surface area contributed by atoms with Crippen LogP contribution in [0.2, 0.25) is 0 Å². The predicted molar refractivity (Wildman–Crippen MR) is 116 cm³/mol. The van der Waals surface area contributed by atoms with Crippen molar-refractivity contribution in [3.63, 3.8) is 0 Å². The number of nitrogens with one attached hydrogen (secondary N) is 1. The monoisotopic (exact) mass is 508 g/mol. The summed E-state index contributed by atoms with van der Waals surface area (Å²) in [4.78, 5) is 12.6. The molecular formula is C20H21BrN4O5S. The van der Waals surface area contributed by atoms with Crippen LogP contribution in [0.5, 0.6) is 0 Å². The van der Waals surface area contributed by atoms with Crippen molar-refractivity contribution in [1.29, 1.82) is 0 Å². The molecule has 1 aliphatic rings. The number of hydrogen-bond donors (Lipinski definition) is 1. The lowest BCUT2D eigenvalue weighted by Crippen LogP contribution is -2.38. The zero-order valence-corrected chi connectivity index (χ0v) is 19.1. The Labute approximate surface area is 188 Å². The highest BCUT2D eigenvalue weighted by molar-refractivity contribution is 9.10. The van der Waals surface area contributed by atoms with Crippen molar-refractivity contribution in [3.8, 4) is 11.7 Å². The van der Waals surface area contributed by atoms with Crippen LogP contribution in [0.15, 0.2) is 54.8 Å². The minimum atomic E-state index is -3.62. The average Bonchev–Trinajstić information content (AvgIpc) is 3.42. The lowest BCUT2D eigenvalue weighted by Gasteiger charge is -2.30. The number of rotatable bonds is 6. The Kier molecular flexibility index (Phi) is 6.26. The third-order valence-corrected chi connectivity index (χ3v) is 7.66. The zero-order valence-electron chi connectivity index (χ0n) is 16.7. The van der Waals surface area contributed by atoms with Crippen LogP contribution in [0.25, 0.3) is 11.7 Å². The number of anilines is 1. The van der Waals surface area contributed by atoms with Gasteiger partial charge in [-0.1, -0.05) is 24.4 Å². The van der Waals surface area contributed by atoms with E-state index in [2.05, 4.69) is 31.4 Å². The van der Waals surface area contributed by atoms with E-state index in [-0.39, 0.29) is 28.4 Å². The van der Waals surface area contributed by atoms with Gasteiger partial charge in [-0.25, -0.2) is 8.42 Å².